The second-order valence-corrected chi connectivity index (χ2v) is 4.42. The summed E-state index contributed by atoms with van der Waals surface area (Å²) in [4.78, 5) is 17.3. The highest BCUT2D eigenvalue weighted by atomic mass is 19.4. The van der Waals surface area contributed by atoms with E-state index in [0.717, 1.165) is 6.07 Å². The van der Waals surface area contributed by atoms with Crippen molar-refractivity contribution in [2.24, 2.45) is 4.99 Å². The first-order chi connectivity index (χ1) is 10.4. The van der Waals surface area contributed by atoms with Crippen LogP contribution < -0.4 is 11.1 Å². The summed E-state index contributed by atoms with van der Waals surface area (Å²) in [5.41, 5.74) is -0.349. The van der Waals surface area contributed by atoms with E-state index in [9.17, 15) is 18.0 Å². The van der Waals surface area contributed by atoms with Crippen molar-refractivity contribution in [3.8, 4) is 0 Å². The van der Waals surface area contributed by atoms with Gasteiger partial charge in [0.1, 0.15) is 6.67 Å². The number of halogens is 3. The van der Waals surface area contributed by atoms with Crippen LogP contribution in [0.2, 0.25) is 0 Å². The van der Waals surface area contributed by atoms with E-state index in [0.29, 0.717) is 5.70 Å². The fourth-order valence-corrected chi connectivity index (χ4v) is 2.06. The zero-order valence-electron chi connectivity index (χ0n) is 10.9. The summed E-state index contributed by atoms with van der Waals surface area (Å²) in [5, 5.41) is 6.29. The predicted molar refractivity (Wildman–Crippen MR) is 71.1 cm³/mol. The summed E-state index contributed by atoms with van der Waals surface area (Å²) < 4.78 is 43.6. The van der Waals surface area contributed by atoms with E-state index >= 15 is 0 Å². The van der Waals surface area contributed by atoms with E-state index in [1.807, 2.05) is 0 Å². The highest BCUT2D eigenvalue weighted by Gasteiger charge is 2.34. The van der Waals surface area contributed by atoms with Crippen LogP contribution in [0.15, 0.2) is 44.7 Å². The molecule has 0 amide bonds. The topological polar surface area (TPSA) is 83.3 Å². The molecule has 0 unspecified atom stereocenters. The lowest BCUT2D eigenvalue weighted by atomic mass is 10.0. The summed E-state index contributed by atoms with van der Waals surface area (Å²) in [7, 11) is 0. The fraction of sp³-hybridized carbons (Fsp3) is 0.154. The van der Waals surface area contributed by atoms with Gasteiger partial charge in [-0.2, -0.15) is 13.2 Å². The Morgan fingerprint density at radius 2 is 2.00 bits per heavy atom. The normalized spacial score (nSPS) is 15.0. The van der Waals surface area contributed by atoms with Crippen molar-refractivity contribution in [2.45, 2.75) is 6.18 Å². The van der Waals surface area contributed by atoms with Gasteiger partial charge in [-0.25, -0.2) is 4.79 Å². The van der Waals surface area contributed by atoms with Gasteiger partial charge in [-0.1, -0.05) is 23.4 Å². The molecule has 0 saturated carbocycles. The van der Waals surface area contributed by atoms with Gasteiger partial charge >= 0.3 is 11.9 Å². The summed E-state index contributed by atoms with van der Waals surface area (Å²) in [5.74, 6) is -0.653. The Balaban J connectivity index is 2.05. The van der Waals surface area contributed by atoms with Crippen LogP contribution in [0.25, 0.3) is 5.70 Å². The number of hydrogen-bond donors (Lipinski definition) is 2. The minimum atomic E-state index is -4.49. The van der Waals surface area contributed by atoms with E-state index < -0.39 is 17.5 Å². The number of hydrogen-bond acceptors (Lipinski definition) is 5. The largest absolute Gasteiger partial charge is 0.439 e. The average molecular weight is 310 g/mol. The van der Waals surface area contributed by atoms with E-state index in [-0.39, 0.29) is 23.8 Å². The minimum absolute atomic E-state index is 0.0418. The second-order valence-electron chi connectivity index (χ2n) is 4.42. The number of alkyl halides is 3. The summed E-state index contributed by atoms with van der Waals surface area (Å²) in [6.07, 6.45) is -3.11. The number of allylic oxidation sites excluding steroid dienone is 1. The molecule has 0 fully saturated rings. The summed E-state index contributed by atoms with van der Waals surface area (Å²) in [6.45, 7) is 0.0578. The Morgan fingerprint density at radius 1 is 1.23 bits per heavy atom. The van der Waals surface area contributed by atoms with Gasteiger partial charge in [0.05, 0.1) is 17.0 Å². The molecule has 3 rings (SSSR count). The molecule has 2 aromatic rings. The Bertz CT molecular complexity index is 817. The van der Waals surface area contributed by atoms with Crippen molar-refractivity contribution >= 4 is 11.4 Å². The highest BCUT2D eigenvalue weighted by Crippen LogP contribution is 2.32. The molecule has 0 saturated heterocycles. The van der Waals surface area contributed by atoms with Gasteiger partial charge in [0, 0.05) is 5.56 Å². The molecule has 1 aliphatic rings. The molecule has 0 aliphatic carbocycles. The molecule has 0 bridgehead atoms. The van der Waals surface area contributed by atoms with Crippen LogP contribution >= 0.6 is 0 Å². The second kappa shape index (κ2) is 5.17. The molecule has 1 aromatic carbocycles. The van der Waals surface area contributed by atoms with Crippen LogP contribution in [-0.4, -0.2) is 22.5 Å². The number of aromatic nitrogens is 2. The van der Waals surface area contributed by atoms with Crippen molar-refractivity contribution in [1.29, 1.82) is 0 Å². The molecule has 2 N–H and O–H groups in total. The third-order valence-electron chi connectivity index (χ3n) is 3.00. The maximum atomic E-state index is 13.1. The summed E-state index contributed by atoms with van der Waals surface area (Å²) in [6, 6.07) is 5.15. The molecular formula is C13H9F3N4O2. The van der Waals surface area contributed by atoms with Crippen LogP contribution in [0.3, 0.4) is 0 Å². The van der Waals surface area contributed by atoms with Crippen LogP contribution in [0.1, 0.15) is 17.0 Å². The number of nitrogens with zero attached hydrogens (tertiary/aromatic N) is 2. The van der Waals surface area contributed by atoms with Crippen molar-refractivity contribution < 1.29 is 17.7 Å². The lowest BCUT2D eigenvalue weighted by Crippen LogP contribution is -2.23. The molecule has 9 heteroatoms. The van der Waals surface area contributed by atoms with E-state index in [2.05, 4.69) is 25.0 Å². The maximum absolute atomic E-state index is 13.1. The third kappa shape index (κ3) is 2.65. The number of nitrogens with one attached hydrogen (secondary N) is 2. The van der Waals surface area contributed by atoms with Gasteiger partial charge in [0.15, 0.2) is 5.82 Å². The molecule has 1 aromatic heterocycles. The number of H-pyrrole nitrogens is 1. The van der Waals surface area contributed by atoms with Crippen molar-refractivity contribution in [3.63, 3.8) is 0 Å². The molecule has 0 atom stereocenters. The molecule has 2 heterocycles. The van der Waals surface area contributed by atoms with E-state index in [1.54, 1.807) is 0 Å². The lowest BCUT2D eigenvalue weighted by Gasteiger charge is -2.17. The molecule has 6 nitrogen and oxygen atoms in total. The fourth-order valence-electron chi connectivity index (χ4n) is 2.06. The monoisotopic (exact) mass is 310 g/mol. The molecule has 0 radical (unpaired) electrons. The van der Waals surface area contributed by atoms with Gasteiger partial charge in [-0.3, -0.25) is 14.5 Å². The van der Waals surface area contributed by atoms with Crippen molar-refractivity contribution in [1.82, 2.24) is 15.5 Å². The zero-order chi connectivity index (χ0) is 15.7. The zero-order valence-corrected chi connectivity index (χ0v) is 10.9. The Labute approximate surface area is 121 Å². The van der Waals surface area contributed by atoms with Gasteiger partial charge in [0.2, 0.25) is 0 Å². The smallest absolute Gasteiger partial charge is 0.363 e. The van der Waals surface area contributed by atoms with Crippen LogP contribution in [0, 0.1) is 0 Å². The van der Waals surface area contributed by atoms with Crippen LogP contribution in [0.5, 0.6) is 0 Å². The lowest BCUT2D eigenvalue weighted by molar-refractivity contribution is -0.137. The highest BCUT2D eigenvalue weighted by molar-refractivity contribution is 6.13. The predicted octanol–water partition coefficient (Wildman–Crippen LogP) is 1.77. The number of benzene rings is 1. The molecule has 0 spiro atoms. The van der Waals surface area contributed by atoms with Gasteiger partial charge in [0.25, 0.3) is 0 Å². The third-order valence-corrected chi connectivity index (χ3v) is 3.00. The van der Waals surface area contributed by atoms with Gasteiger partial charge < -0.3 is 5.32 Å². The number of aromatic amines is 1. The van der Waals surface area contributed by atoms with Crippen molar-refractivity contribution in [2.75, 3.05) is 6.67 Å². The van der Waals surface area contributed by atoms with Gasteiger partial charge in [-0.15, -0.1) is 0 Å². The SMILES string of the molecule is O=c1[nH]c(C2=CC(c3ccccc3C(F)(F)F)=NCN2)no1. The Hall–Kier alpha value is -2.84. The molecule has 1 aliphatic heterocycles. The molecule has 114 valence electrons. The standard InChI is InChI=1S/C13H9F3N4O2/c14-13(15,16)8-4-2-1-3-7(8)9-5-10(18-6-17-9)11-19-12(21)22-20-11/h1-5,18H,6H2,(H,19,20,21). The first-order valence-electron chi connectivity index (χ1n) is 6.18. The van der Waals surface area contributed by atoms with Crippen LogP contribution in [0.4, 0.5) is 13.2 Å². The molecule has 22 heavy (non-hydrogen) atoms. The Kier molecular flexibility index (Phi) is 3.32. The average Bonchev–Trinajstić information content (AvgIpc) is 2.93. The van der Waals surface area contributed by atoms with E-state index in [1.165, 1.54) is 24.3 Å². The first kappa shape index (κ1) is 14.1. The van der Waals surface area contributed by atoms with Crippen LogP contribution in [-0.2, 0) is 6.18 Å². The van der Waals surface area contributed by atoms with Gasteiger partial charge in [-0.05, 0) is 12.1 Å². The molecular weight excluding hydrogens is 301 g/mol. The maximum Gasteiger partial charge on any atom is 0.439 e. The van der Waals surface area contributed by atoms with Crippen molar-refractivity contribution in [3.05, 3.63) is 57.8 Å². The number of rotatable bonds is 2. The minimum Gasteiger partial charge on any atom is -0.363 e. The Morgan fingerprint density at radius 3 is 2.68 bits per heavy atom. The quantitative estimate of drug-likeness (QED) is 0.885. The number of aliphatic imine (C=N–C) groups is 1. The first-order valence-corrected chi connectivity index (χ1v) is 6.18. The van der Waals surface area contributed by atoms with E-state index in [4.69, 9.17) is 0 Å². The summed E-state index contributed by atoms with van der Waals surface area (Å²) >= 11 is 0.